The highest BCUT2D eigenvalue weighted by molar-refractivity contribution is 6.05. The first-order valence-electron chi connectivity index (χ1n) is 13.0. The summed E-state index contributed by atoms with van der Waals surface area (Å²) in [5, 5.41) is 27.8. The maximum Gasteiger partial charge on any atom is 0.416 e. The molecule has 39 heavy (non-hydrogen) atoms. The minimum absolute atomic E-state index is 0.0921. The molecule has 0 aromatic heterocycles. The summed E-state index contributed by atoms with van der Waals surface area (Å²) >= 11 is 0. The van der Waals surface area contributed by atoms with Crippen LogP contribution in [-0.2, 0) is 22.2 Å². The lowest BCUT2D eigenvalue weighted by Crippen LogP contribution is -2.48. The third kappa shape index (κ3) is 5.95. The van der Waals surface area contributed by atoms with Gasteiger partial charge in [0.25, 0.3) is 0 Å². The number of carbonyl (C=O) groups is 2. The fraction of sp³-hybridized carbons (Fsp3) is 0.429. The van der Waals surface area contributed by atoms with Crippen molar-refractivity contribution in [1.29, 1.82) is 0 Å². The van der Waals surface area contributed by atoms with Crippen LogP contribution in [-0.4, -0.2) is 52.5 Å². The Bertz CT molecular complexity index is 1310. The molecule has 0 spiro atoms. The van der Waals surface area contributed by atoms with Gasteiger partial charge >= 0.3 is 6.18 Å². The van der Waals surface area contributed by atoms with Gasteiger partial charge < -0.3 is 25.7 Å². The Balaban J connectivity index is 1.31. The van der Waals surface area contributed by atoms with Gasteiger partial charge in [0.15, 0.2) is 0 Å². The molecule has 8 nitrogen and oxygen atoms in total. The number of fused-ring (bicyclic) bond motifs is 2. The van der Waals surface area contributed by atoms with Crippen LogP contribution < -0.4 is 15.4 Å². The normalized spacial score (nSPS) is 25.0. The van der Waals surface area contributed by atoms with Gasteiger partial charge in [-0.05, 0) is 73.9 Å². The molecular weight excluding hydrogens is 515 g/mol. The molecule has 2 aromatic carbocycles. The highest BCUT2D eigenvalue weighted by Gasteiger charge is 2.44. The average molecular weight is 546 g/mol. The molecule has 4 N–H and O–H groups in total. The van der Waals surface area contributed by atoms with E-state index in [-0.39, 0.29) is 31.2 Å². The lowest BCUT2D eigenvalue weighted by atomic mass is 9.75. The lowest BCUT2D eigenvalue weighted by molar-refractivity contribution is -0.137. The number of hydrogen-bond acceptors (Lipinski definition) is 6. The molecule has 2 atom stereocenters. The fourth-order valence-electron chi connectivity index (χ4n) is 5.54. The Labute approximate surface area is 223 Å². The number of halogens is 3. The van der Waals surface area contributed by atoms with Crippen LogP contribution in [0.3, 0.4) is 0 Å². The van der Waals surface area contributed by atoms with E-state index >= 15 is 0 Å². The Morgan fingerprint density at radius 1 is 1.15 bits per heavy atom. The number of amides is 2. The number of nitrogens with one attached hydrogen (secondary N) is 2. The summed E-state index contributed by atoms with van der Waals surface area (Å²) in [6, 6.07) is 8.40. The monoisotopic (exact) mass is 545 g/mol. The van der Waals surface area contributed by atoms with Crippen LogP contribution in [0.25, 0.3) is 5.57 Å². The second-order valence-electron chi connectivity index (χ2n) is 10.3. The van der Waals surface area contributed by atoms with Crippen LogP contribution in [0.15, 0.2) is 42.5 Å². The summed E-state index contributed by atoms with van der Waals surface area (Å²) < 4.78 is 44.9. The van der Waals surface area contributed by atoms with Crippen LogP contribution >= 0.6 is 0 Å². The Morgan fingerprint density at radius 2 is 1.97 bits per heavy atom. The van der Waals surface area contributed by atoms with Gasteiger partial charge in [-0.25, -0.2) is 0 Å². The number of hydrogen-bond donors (Lipinski definition) is 4. The molecule has 2 aromatic rings. The standard InChI is InChI=1S/C28H30F3N3O5/c29-28(30,31)19-5-7-21-17(3-1-12-39-24(21)15-19)14-25(35)32-20-6-4-18-13-22(26(36)33-23(18)16-20)27(37)8-2-10-34(38)11-9-27/h4-7,14-16,22,37-38H,1-3,8-13H2,(H,32,35)(H,33,36)/b17-14+. The van der Waals surface area contributed by atoms with E-state index in [0.29, 0.717) is 61.2 Å². The third-order valence-electron chi connectivity index (χ3n) is 7.66. The van der Waals surface area contributed by atoms with Gasteiger partial charge in [0.2, 0.25) is 11.8 Å². The zero-order chi connectivity index (χ0) is 27.8. The zero-order valence-corrected chi connectivity index (χ0v) is 21.2. The molecule has 11 heteroatoms. The highest BCUT2D eigenvalue weighted by Crippen LogP contribution is 2.39. The van der Waals surface area contributed by atoms with Gasteiger partial charge in [0.05, 0.1) is 23.7 Å². The van der Waals surface area contributed by atoms with Crippen molar-refractivity contribution in [1.82, 2.24) is 5.06 Å². The maximum atomic E-state index is 13.1. The Hall–Kier alpha value is -3.41. The smallest absolute Gasteiger partial charge is 0.416 e. The zero-order valence-electron chi connectivity index (χ0n) is 21.2. The van der Waals surface area contributed by atoms with E-state index in [1.807, 2.05) is 0 Å². The lowest BCUT2D eigenvalue weighted by Gasteiger charge is -2.37. The number of alkyl halides is 3. The van der Waals surface area contributed by atoms with Crippen LogP contribution in [0.2, 0.25) is 0 Å². The van der Waals surface area contributed by atoms with Gasteiger partial charge in [-0.3, -0.25) is 9.59 Å². The van der Waals surface area contributed by atoms with Crippen molar-refractivity contribution < 1.29 is 37.8 Å². The molecule has 208 valence electrons. The number of ether oxygens (including phenoxy) is 1. The summed E-state index contributed by atoms with van der Waals surface area (Å²) in [7, 11) is 0. The average Bonchev–Trinajstić information content (AvgIpc) is 3.18. The van der Waals surface area contributed by atoms with Crippen LogP contribution in [0, 0.1) is 5.92 Å². The molecular formula is C28H30F3N3O5. The molecule has 0 radical (unpaired) electrons. The Kier molecular flexibility index (Phi) is 7.41. The topological polar surface area (TPSA) is 111 Å². The number of hydroxylamine groups is 2. The first-order chi connectivity index (χ1) is 18.5. The fourth-order valence-corrected chi connectivity index (χ4v) is 5.54. The first-order valence-corrected chi connectivity index (χ1v) is 13.0. The molecule has 5 rings (SSSR count). The molecule has 3 aliphatic heterocycles. The predicted molar refractivity (Wildman–Crippen MR) is 137 cm³/mol. The molecule has 3 heterocycles. The van der Waals surface area contributed by atoms with Crippen LogP contribution in [0.4, 0.5) is 24.5 Å². The van der Waals surface area contributed by atoms with E-state index in [4.69, 9.17) is 4.74 Å². The van der Waals surface area contributed by atoms with Gasteiger partial charge in [0, 0.05) is 36.1 Å². The number of anilines is 2. The summed E-state index contributed by atoms with van der Waals surface area (Å²) in [6.45, 7) is 0.972. The van der Waals surface area contributed by atoms with Gasteiger partial charge in [-0.1, -0.05) is 12.1 Å². The number of allylic oxidation sites excluding steroid dienone is 1. The third-order valence-corrected chi connectivity index (χ3v) is 7.66. The number of aliphatic hydroxyl groups is 1. The second kappa shape index (κ2) is 10.6. The summed E-state index contributed by atoms with van der Waals surface area (Å²) in [5.74, 6) is -1.33. The van der Waals surface area contributed by atoms with Crippen molar-refractivity contribution in [3.63, 3.8) is 0 Å². The number of carbonyl (C=O) groups excluding carboxylic acids is 2. The van der Waals surface area contributed by atoms with Crippen molar-refractivity contribution in [3.05, 3.63) is 59.2 Å². The first kappa shape index (κ1) is 27.2. The van der Waals surface area contributed by atoms with E-state index in [1.54, 1.807) is 18.2 Å². The van der Waals surface area contributed by atoms with E-state index in [9.17, 15) is 33.1 Å². The summed E-state index contributed by atoms with van der Waals surface area (Å²) in [4.78, 5) is 25.8. The maximum absolute atomic E-state index is 13.1. The van der Waals surface area contributed by atoms with E-state index in [1.165, 1.54) is 12.1 Å². The molecule has 3 aliphatic rings. The van der Waals surface area contributed by atoms with Gasteiger partial charge in [-0.15, -0.1) is 0 Å². The molecule has 0 bridgehead atoms. The van der Waals surface area contributed by atoms with Crippen LogP contribution in [0.5, 0.6) is 5.75 Å². The summed E-state index contributed by atoms with van der Waals surface area (Å²) in [5.41, 5.74) is 0.780. The van der Waals surface area contributed by atoms with Crippen molar-refractivity contribution >= 4 is 28.8 Å². The minimum atomic E-state index is -4.50. The molecule has 0 saturated carbocycles. The van der Waals surface area contributed by atoms with Crippen LogP contribution in [0.1, 0.15) is 48.8 Å². The molecule has 2 unspecified atom stereocenters. The quantitative estimate of drug-likeness (QED) is 0.419. The Morgan fingerprint density at radius 3 is 2.77 bits per heavy atom. The van der Waals surface area contributed by atoms with E-state index in [2.05, 4.69) is 10.6 Å². The number of rotatable bonds is 3. The van der Waals surface area contributed by atoms with Gasteiger partial charge in [0.1, 0.15) is 5.75 Å². The highest BCUT2D eigenvalue weighted by atomic mass is 19.4. The minimum Gasteiger partial charge on any atom is -0.493 e. The van der Waals surface area contributed by atoms with E-state index < -0.39 is 29.2 Å². The summed E-state index contributed by atoms with van der Waals surface area (Å²) in [6.07, 6.45) is -0.531. The van der Waals surface area contributed by atoms with Crippen molar-refractivity contribution in [2.45, 2.75) is 50.3 Å². The SMILES string of the molecule is O=C(/C=C1\CCCOc2cc(C(F)(F)F)ccc21)Nc1ccc2c(c1)NC(=O)C(C1(O)CCCN(O)CC1)C2. The van der Waals surface area contributed by atoms with Crippen molar-refractivity contribution in [3.8, 4) is 5.75 Å². The largest absolute Gasteiger partial charge is 0.493 e. The molecule has 1 fully saturated rings. The molecule has 2 amide bonds. The molecule has 1 saturated heterocycles. The molecule has 0 aliphatic carbocycles. The number of benzene rings is 2. The van der Waals surface area contributed by atoms with Crippen molar-refractivity contribution in [2.75, 3.05) is 30.3 Å². The number of nitrogens with zero attached hydrogens (tertiary/aromatic N) is 1. The predicted octanol–water partition coefficient (Wildman–Crippen LogP) is 4.62. The van der Waals surface area contributed by atoms with Gasteiger partial charge in [-0.2, -0.15) is 18.2 Å². The second-order valence-corrected chi connectivity index (χ2v) is 10.3. The van der Waals surface area contributed by atoms with Crippen molar-refractivity contribution in [2.24, 2.45) is 5.92 Å². The van der Waals surface area contributed by atoms with E-state index in [0.717, 1.165) is 22.8 Å².